The summed E-state index contributed by atoms with van der Waals surface area (Å²) in [4.78, 5) is 5.97. The maximum absolute atomic E-state index is 11.2. The summed E-state index contributed by atoms with van der Waals surface area (Å²) in [7, 11) is -8.17. The molecule has 2 heterocycles. The van der Waals surface area contributed by atoms with E-state index in [9.17, 15) is 16.8 Å². The van der Waals surface area contributed by atoms with E-state index in [1.54, 1.807) is 23.9 Å². The van der Waals surface area contributed by atoms with Crippen LogP contribution >= 0.6 is 46.7 Å². The van der Waals surface area contributed by atoms with Crippen LogP contribution in [0.2, 0.25) is 10.0 Å². The van der Waals surface area contributed by atoms with E-state index in [1.807, 2.05) is 40.1 Å². The zero-order valence-corrected chi connectivity index (χ0v) is 23.0. The zero-order chi connectivity index (χ0) is 25.4. The van der Waals surface area contributed by atoms with Crippen LogP contribution in [0, 0.1) is 0 Å². The van der Waals surface area contributed by atoms with Crippen molar-refractivity contribution in [3.63, 3.8) is 0 Å². The van der Waals surface area contributed by atoms with Gasteiger partial charge in [0.15, 0.2) is 0 Å². The summed E-state index contributed by atoms with van der Waals surface area (Å²) in [6, 6.07) is 11.0. The highest BCUT2D eigenvalue weighted by Crippen LogP contribution is 2.50. The first-order valence-corrected chi connectivity index (χ1v) is 16.2. The summed E-state index contributed by atoms with van der Waals surface area (Å²) in [5.74, 6) is -0.713. The van der Waals surface area contributed by atoms with Crippen molar-refractivity contribution in [2.75, 3.05) is 34.4 Å². The fourth-order valence-electron chi connectivity index (χ4n) is 3.89. The second-order valence-corrected chi connectivity index (χ2v) is 14.2. The molecular weight excluding hydrogens is 575 g/mol. The van der Waals surface area contributed by atoms with Gasteiger partial charge in [-0.1, -0.05) is 46.7 Å². The van der Waals surface area contributed by atoms with Crippen LogP contribution in [-0.4, -0.2) is 55.9 Å². The monoisotopic (exact) mass is 596 g/mol. The van der Waals surface area contributed by atoms with Gasteiger partial charge in [-0.3, -0.25) is 9.11 Å². The second-order valence-electron chi connectivity index (χ2n) is 7.96. The molecule has 0 amide bonds. The first-order chi connectivity index (χ1) is 16.4. The van der Waals surface area contributed by atoms with Gasteiger partial charge in [-0.15, -0.1) is 0 Å². The molecule has 2 aromatic carbocycles. The van der Waals surface area contributed by atoms with Gasteiger partial charge >= 0.3 is 0 Å². The number of fused-ring (bicyclic) bond motifs is 2. The van der Waals surface area contributed by atoms with Crippen molar-refractivity contribution < 1.29 is 25.9 Å². The molecule has 0 aromatic heterocycles. The van der Waals surface area contributed by atoms with Gasteiger partial charge in [0.25, 0.3) is 20.2 Å². The van der Waals surface area contributed by atoms with Gasteiger partial charge in [-0.05, 0) is 55.3 Å². The van der Waals surface area contributed by atoms with Crippen molar-refractivity contribution >= 4 is 78.3 Å². The van der Waals surface area contributed by atoms with Crippen molar-refractivity contribution in [1.29, 1.82) is 0 Å². The van der Waals surface area contributed by atoms with Crippen molar-refractivity contribution in [3.8, 4) is 0 Å². The lowest BCUT2D eigenvalue weighted by molar-refractivity contribution is 0.479. The van der Waals surface area contributed by atoms with Crippen LogP contribution in [0.4, 0.5) is 11.4 Å². The van der Waals surface area contributed by atoms with E-state index in [0.29, 0.717) is 23.1 Å². The summed E-state index contributed by atoms with van der Waals surface area (Å²) < 4.78 is 63.3. The number of anilines is 2. The number of hydrogen-bond acceptors (Lipinski definition) is 8. The molecule has 1 atom stereocenters. The third-order valence-corrected chi connectivity index (χ3v) is 9.79. The molecule has 1 unspecified atom stereocenters. The molecular formula is C21H22Cl2N2O6S4. The first kappa shape index (κ1) is 26.9. The van der Waals surface area contributed by atoms with Crippen LogP contribution in [0.15, 0.2) is 57.3 Å². The molecule has 0 radical (unpaired) electrons. The van der Waals surface area contributed by atoms with Crippen LogP contribution in [0.1, 0.15) is 12.8 Å². The molecule has 14 heteroatoms. The van der Waals surface area contributed by atoms with Gasteiger partial charge in [0.2, 0.25) is 0 Å². The molecule has 4 rings (SSSR count). The van der Waals surface area contributed by atoms with Crippen molar-refractivity contribution in [2.24, 2.45) is 0 Å². The van der Waals surface area contributed by atoms with Crippen LogP contribution < -0.4 is 9.80 Å². The van der Waals surface area contributed by atoms with E-state index < -0.39 is 20.2 Å². The molecule has 0 spiro atoms. The summed E-state index contributed by atoms with van der Waals surface area (Å²) in [6.45, 7) is 0.728. The number of nitrogens with zero attached hydrogens (tertiary/aromatic N) is 2. The number of halogens is 2. The molecule has 0 saturated heterocycles. The Kier molecular flexibility index (Phi) is 8.23. The Labute approximate surface area is 223 Å². The normalized spacial score (nSPS) is 18.9. The van der Waals surface area contributed by atoms with E-state index in [0.717, 1.165) is 26.2 Å². The minimum atomic E-state index is -4.09. The molecule has 0 fully saturated rings. The predicted molar refractivity (Wildman–Crippen MR) is 143 cm³/mol. The average Bonchev–Trinajstić information content (AvgIpc) is 3.24. The average molecular weight is 598 g/mol. The van der Waals surface area contributed by atoms with E-state index >= 15 is 0 Å². The Morgan fingerprint density at radius 1 is 0.857 bits per heavy atom. The maximum atomic E-state index is 11.2. The Bertz CT molecular complexity index is 1370. The Morgan fingerprint density at radius 3 is 2.06 bits per heavy atom. The summed E-state index contributed by atoms with van der Waals surface area (Å²) >= 11 is 15.6. The van der Waals surface area contributed by atoms with Crippen molar-refractivity contribution in [1.82, 2.24) is 0 Å². The third kappa shape index (κ3) is 7.01. The SMILES string of the molecule is O=S(=O)(O)CCCN1/C(=C\C2Sc3ccc(Cl)cc3N2CCCS(=O)(=O)O)Sc2ccc(Cl)cc21. The largest absolute Gasteiger partial charge is 0.355 e. The highest BCUT2D eigenvalue weighted by atomic mass is 35.5. The Morgan fingerprint density at radius 2 is 1.43 bits per heavy atom. The second kappa shape index (κ2) is 10.7. The highest BCUT2D eigenvalue weighted by Gasteiger charge is 2.32. The molecule has 0 aliphatic carbocycles. The van der Waals surface area contributed by atoms with E-state index in [4.69, 9.17) is 32.3 Å². The molecule has 2 aliphatic heterocycles. The quantitative estimate of drug-likeness (QED) is 0.372. The number of benzene rings is 2. The standard InChI is InChI=1S/C21H22Cl2N2O6S4/c22-14-3-5-18-16(11-14)24(7-1-9-34(26,27)28)20(32-18)13-21-25(8-2-10-35(29,30)31)17-12-15(23)4-6-19(17)33-21/h3-6,11-13,20H,1-2,7-10H2,(H,26,27,28)(H,29,30,31)/b21-13+. The fourth-order valence-corrected chi connectivity index (χ4v) is 7.68. The molecule has 0 bridgehead atoms. The molecule has 0 saturated carbocycles. The molecule has 2 N–H and O–H groups in total. The lowest BCUT2D eigenvalue weighted by atomic mass is 10.2. The number of rotatable bonds is 9. The van der Waals surface area contributed by atoms with E-state index in [-0.39, 0.29) is 29.7 Å². The first-order valence-electron chi connectivity index (χ1n) is 10.5. The molecule has 35 heavy (non-hydrogen) atoms. The number of hydrogen-bond donors (Lipinski definition) is 2. The lowest BCUT2D eigenvalue weighted by Gasteiger charge is -2.27. The fraction of sp³-hybridized carbons (Fsp3) is 0.333. The molecule has 8 nitrogen and oxygen atoms in total. The summed E-state index contributed by atoms with van der Waals surface area (Å²) in [5.41, 5.74) is 1.73. The van der Waals surface area contributed by atoms with E-state index in [1.165, 1.54) is 11.8 Å². The third-order valence-electron chi connectivity index (χ3n) is 5.35. The van der Waals surface area contributed by atoms with Crippen LogP contribution in [0.3, 0.4) is 0 Å². The summed E-state index contributed by atoms with van der Waals surface area (Å²) in [5, 5.41) is 1.78. The molecule has 190 valence electrons. The zero-order valence-electron chi connectivity index (χ0n) is 18.2. The Balaban J connectivity index is 1.63. The smallest absolute Gasteiger partial charge is 0.264 e. The highest BCUT2D eigenvalue weighted by molar-refractivity contribution is 8.04. The lowest BCUT2D eigenvalue weighted by Crippen LogP contribution is -2.31. The minimum Gasteiger partial charge on any atom is -0.355 e. The molecule has 2 aromatic rings. The number of thioether (sulfide) groups is 2. The minimum absolute atomic E-state index is 0.193. The van der Waals surface area contributed by atoms with E-state index in [2.05, 4.69) is 0 Å². The van der Waals surface area contributed by atoms with Gasteiger partial charge < -0.3 is 9.80 Å². The van der Waals surface area contributed by atoms with Gasteiger partial charge in [-0.2, -0.15) is 16.8 Å². The van der Waals surface area contributed by atoms with Crippen molar-refractivity contribution in [2.45, 2.75) is 28.0 Å². The van der Waals surface area contributed by atoms with Gasteiger partial charge in [0, 0.05) is 32.9 Å². The van der Waals surface area contributed by atoms with Gasteiger partial charge in [-0.25, -0.2) is 0 Å². The van der Waals surface area contributed by atoms with Gasteiger partial charge in [0.05, 0.1) is 27.9 Å². The predicted octanol–water partition coefficient (Wildman–Crippen LogP) is 5.24. The van der Waals surface area contributed by atoms with Crippen LogP contribution in [-0.2, 0) is 20.2 Å². The molecule has 2 aliphatic rings. The van der Waals surface area contributed by atoms with Gasteiger partial charge in [0.1, 0.15) is 5.37 Å². The summed E-state index contributed by atoms with van der Waals surface area (Å²) in [6.07, 6.45) is 2.48. The topological polar surface area (TPSA) is 115 Å². The van der Waals surface area contributed by atoms with Crippen molar-refractivity contribution in [3.05, 3.63) is 57.5 Å². The maximum Gasteiger partial charge on any atom is 0.264 e. The van der Waals surface area contributed by atoms with Crippen LogP contribution in [0.25, 0.3) is 0 Å². The van der Waals surface area contributed by atoms with Crippen LogP contribution in [0.5, 0.6) is 0 Å². The Hall–Kier alpha value is -1.12.